The molecule has 146 valence electrons. The summed E-state index contributed by atoms with van der Waals surface area (Å²) in [7, 11) is 0. The molecule has 0 saturated carbocycles. The van der Waals surface area contributed by atoms with Crippen LogP contribution >= 0.6 is 0 Å². The van der Waals surface area contributed by atoms with E-state index in [1.165, 1.54) is 12.8 Å². The van der Waals surface area contributed by atoms with Gasteiger partial charge >= 0.3 is 18.3 Å². The predicted octanol–water partition coefficient (Wildman–Crippen LogP) is 1.41. The highest BCUT2D eigenvalue weighted by Crippen LogP contribution is 2.21. The van der Waals surface area contributed by atoms with Crippen LogP contribution in [0.25, 0.3) is 0 Å². The van der Waals surface area contributed by atoms with Crippen molar-refractivity contribution in [1.82, 2.24) is 0 Å². The number of aliphatic hydroxyl groups excluding tert-OH is 1. The second kappa shape index (κ2) is 12.3. The third kappa shape index (κ3) is 20.9. The van der Waals surface area contributed by atoms with E-state index in [0.717, 1.165) is 13.2 Å². The van der Waals surface area contributed by atoms with E-state index in [-0.39, 0.29) is 0 Å². The van der Waals surface area contributed by atoms with Crippen LogP contribution in [0.2, 0.25) is 0 Å². The average Bonchev–Trinajstić information content (AvgIpc) is 2.94. The van der Waals surface area contributed by atoms with Crippen molar-refractivity contribution in [2.45, 2.75) is 50.1 Å². The molecule has 1 aliphatic rings. The zero-order chi connectivity index (χ0) is 19.4. The van der Waals surface area contributed by atoms with Gasteiger partial charge in [0.15, 0.2) is 0 Å². The van der Waals surface area contributed by atoms with E-state index in [4.69, 9.17) is 20.7 Å². The Hall–Kier alpha value is -1.11. The van der Waals surface area contributed by atoms with E-state index < -0.39 is 49.9 Å². The normalized spacial score (nSPS) is 17.0. The van der Waals surface area contributed by atoms with E-state index in [2.05, 4.69) is 5.73 Å². The number of alkyl halides is 6. The zero-order valence-electron chi connectivity index (χ0n) is 12.7. The Morgan fingerprint density at radius 2 is 1.42 bits per heavy atom. The first-order valence-electron chi connectivity index (χ1n) is 6.84. The second-order valence-corrected chi connectivity index (χ2v) is 4.85. The highest BCUT2D eigenvalue weighted by atomic mass is 19.4. The molecular formula is C12H22F6N2O4. The topological polar surface area (TPSA) is 119 Å². The van der Waals surface area contributed by atoms with Crippen LogP contribution in [0.5, 0.6) is 0 Å². The summed E-state index contributed by atoms with van der Waals surface area (Å²) in [6.07, 6.45) is -8.81. The van der Waals surface area contributed by atoms with Crippen molar-refractivity contribution < 1.29 is 46.1 Å². The zero-order valence-corrected chi connectivity index (χ0v) is 12.7. The van der Waals surface area contributed by atoms with Gasteiger partial charge in [-0.2, -0.15) is 26.3 Å². The number of carboxylic acid groups (broad SMARTS) is 1. The van der Waals surface area contributed by atoms with Crippen LogP contribution in [0.1, 0.15) is 25.7 Å². The molecule has 1 aliphatic heterocycles. The van der Waals surface area contributed by atoms with E-state index in [1.807, 2.05) is 0 Å². The van der Waals surface area contributed by atoms with Crippen molar-refractivity contribution in [3.63, 3.8) is 0 Å². The van der Waals surface area contributed by atoms with Gasteiger partial charge in [-0.05, 0) is 12.8 Å². The van der Waals surface area contributed by atoms with Gasteiger partial charge in [-0.1, -0.05) is 0 Å². The molecule has 0 aromatic heterocycles. The number of aliphatic carboxylic acids is 1. The Morgan fingerprint density at radius 3 is 1.54 bits per heavy atom. The second-order valence-electron chi connectivity index (χ2n) is 4.85. The molecule has 0 radical (unpaired) electrons. The lowest BCUT2D eigenvalue weighted by Gasteiger charge is -2.09. The highest BCUT2D eigenvalue weighted by molar-refractivity contribution is 5.73. The summed E-state index contributed by atoms with van der Waals surface area (Å²) in [6.45, 7) is 1.37. The number of nitrogens with two attached hydrogens (primary N) is 2. The minimum Gasteiger partial charge on any atom is -0.480 e. The maximum Gasteiger partial charge on any atom is 0.391 e. The first-order valence-corrected chi connectivity index (χ1v) is 6.84. The van der Waals surface area contributed by atoms with Crippen LogP contribution in [0.4, 0.5) is 26.3 Å². The number of aliphatic hydroxyl groups is 1. The molecular weight excluding hydrogens is 350 g/mol. The highest BCUT2D eigenvalue weighted by Gasteiger charge is 2.33. The van der Waals surface area contributed by atoms with Crippen molar-refractivity contribution in [2.24, 2.45) is 11.5 Å². The molecule has 2 atom stereocenters. The van der Waals surface area contributed by atoms with Crippen molar-refractivity contribution in [3.8, 4) is 0 Å². The van der Waals surface area contributed by atoms with Gasteiger partial charge in [-0.25, -0.2) is 0 Å². The fourth-order valence-corrected chi connectivity index (χ4v) is 1.21. The summed E-state index contributed by atoms with van der Waals surface area (Å²) >= 11 is 0. The molecule has 6 nitrogen and oxygen atoms in total. The Balaban J connectivity index is 0. The van der Waals surface area contributed by atoms with E-state index in [0.29, 0.717) is 0 Å². The van der Waals surface area contributed by atoms with Gasteiger partial charge in [0.1, 0.15) is 6.04 Å². The van der Waals surface area contributed by atoms with Crippen molar-refractivity contribution in [3.05, 3.63) is 0 Å². The van der Waals surface area contributed by atoms with Crippen LogP contribution in [0, 0.1) is 0 Å². The maximum absolute atomic E-state index is 11.3. The fraction of sp³-hybridized carbons (Fsp3) is 0.917. The standard InChI is InChI=1S/C4H6F3NO2.C4H8F3NO.C4H8O/c5-4(6,7)1-2(8)3(9)10;5-4(6,7)1-3(8)2-9;1-2-4-5-3-1/h2H,1,8H2,(H,9,10);3,9H,1-2,8H2;1-4H2. The Kier molecular flexibility index (Phi) is 12.9. The predicted molar refractivity (Wildman–Crippen MR) is 72.1 cm³/mol. The van der Waals surface area contributed by atoms with Crippen LogP contribution in [-0.4, -0.2) is 60.4 Å². The number of hydrogen-bond donors (Lipinski definition) is 4. The minimum absolute atomic E-state index is 0.625. The van der Waals surface area contributed by atoms with Crippen molar-refractivity contribution in [1.29, 1.82) is 0 Å². The lowest BCUT2D eigenvalue weighted by molar-refractivity contribution is -0.156. The van der Waals surface area contributed by atoms with Gasteiger partial charge in [0, 0.05) is 19.3 Å². The number of ether oxygens (including phenoxy) is 1. The number of carbonyl (C=O) groups is 1. The molecule has 24 heavy (non-hydrogen) atoms. The van der Waals surface area contributed by atoms with Crippen LogP contribution in [0.15, 0.2) is 0 Å². The quantitative estimate of drug-likeness (QED) is 0.554. The molecule has 0 spiro atoms. The minimum atomic E-state index is -4.50. The molecule has 0 aromatic carbocycles. The first-order chi connectivity index (χ1) is 10.8. The van der Waals surface area contributed by atoms with Gasteiger partial charge in [0.05, 0.1) is 19.4 Å². The number of halogens is 6. The number of hydrogen-bond acceptors (Lipinski definition) is 5. The largest absolute Gasteiger partial charge is 0.480 e. The Bertz CT molecular complexity index is 327. The summed E-state index contributed by atoms with van der Waals surface area (Å²) in [4.78, 5) is 9.75. The first kappa shape index (κ1) is 25.1. The molecule has 1 heterocycles. The molecule has 0 bridgehead atoms. The molecule has 12 heteroatoms. The Labute approximate surface area is 134 Å². The molecule has 0 aromatic rings. The molecule has 1 fully saturated rings. The SMILES string of the molecule is C1CCOC1.NC(CC(F)(F)F)C(=O)O.NC(CO)CC(F)(F)F. The van der Waals surface area contributed by atoms with Crippen molar-refractivity contribution >= 4 is 5.97 Å². The van der Waals surface area contributed by atoms with Gasteiger partial charge in [-0.15, -0.1) is 0 Å². The third-order valence-corrected chi connectivity index (χ3v) is 2.32. The molecule has 0 aliphatic carbocycles. The maximum atomic E-state index is 11.3. The molecule has 0 amide bonds. The van der Waals surface area contributed by atoms with Gasteiger partial charge < -0.3 is 26.4 Å². The van der Waals surface area contributed by atoms with Gasteiger partial charge in [0.2, 0.25) is 0 Å². The summed E-state index contributed by atoms with van der Waals surface area (Å²) in [5, 5.41) is 16.0. The van der Waals surface area contributed by atoms with Crippen molar-refractivity contribution in [2.75, 3.05) is 19.8 Å². The van der Waals surface area contributed by atoms with E-state index in [9.17, 15) is 31.1 Å². The van der Waals surface area contributed by atoms with E-state index >= 15 is 0 Å². The smallest absolute Gasteiger partial charge is 0.391 e. The lowest BCUT2D eigenvalue weighted by atomic mass is 10.2. The van der Waals surface area contributed by atoms with Crippen LogP contribution < -0.4 is 11.5 Å². The fourth-order valence-electron chi connectivity index (χ4n) is 1.21. The van der Waals surface area contributed by atoms with Crippen LogP contribution in [0.3, 0.4) is 0 Å². The van der Waals surface area contributed by atoms with Gasteiger partial charge in [-0.3, -0.25) is 4.79 Å². The monoisotopic (exact) mass is 372 g/mol. The summed E-state index contributed by atoms with van der Waals surface area (Å²) in [5.41, 5.74) is 9.37. The lowest BCUT2D eigenvalue weighted by Crippen LogP contribution is -2.34. The molecule has 6 N–H and O–H groups in total. The van der Waals surface area contributed by atoms with Gasteiger partial charge in [0.25, 0.3) is 0 Å². The summed E-state index contributed by atoms with van der Waals surface area (Å²) < 4.78 is 72.8. The average molecular weight is 372 g/mol. The van der Waals surface area contributed by atoms with Crippen LogP contribution in [-0.2, 0) is 9.53 Å². The number of rotatable bonds is 4. The molecule has 1 rings (SSSR count). The number of carboxylic acids is 1. The summed E-state index contributed by atoms with van der Waals surface area (Å²) in [6, 6.07) is -3.02. The summed E-state index contributed by atoms with van der Waals surface area (Å²) in [5.74, 6) is -1.64. The Morgan fingerprint density at radius 1 is 1.00 bits per heavy atom. The molecule has 2 unspecified atom stereocenters. The van der Waals surface area contributed by atoms with E-state index in [1.54, 1.807) is 0 Å². The third-order valence-electron chi connectivity index (χ3n) is 2.32. The molecule has 1 saturated heterocycles.